The number of aromatic nitrogens is 2. The molecule has 0 aliphatic rings. The molecule has 1 aromatic rings. The summed E-state index contributed by atoms with van der Waals surface area (Å²) in [4.78, 5) is 8.61. The van der Waals surface area contributed by atoms with Gasteiger partial charge in [0.25, 0.3) is 0 Å². The van der Waals surface area contributed by atoms with Crippen LogP contribution in [-0.4, -0.2) is 16.0 Å². The fourth-order valence-corrected chi connectivity index (χ4v) is 1.68. The highest BCUT2D eigenvalue weighted by Crippen LogP contribution is 2.10. The average Bonchev–Trinajstić information content (AvgIpc) is 2.16. The zero-order valence-electron chi connectivity index (χ0n) is 10.5. The van der Waals surface area contributed by atoms with E-state index in [1.807, 2.05) is 26.0 Å². The summed E-state index contributed by atoms with van der Waals surface area (Å²) in [5.74, 6) is 1.75. The van der Waals surface area contributed by atoms with Gasteiger partial charge < -0.3 is 5.32 Å². The molecule has 1 heterocycles. The number of hydrogen-bond acceptors (Lipinski definition) is 3. The molecule has 0 radical (unpaired) electrons. The molecule has 1 aromatic heterocycles. The lowest BCUT2D eigenvalue weighted by Crippen LogP contribution is -2.16. The third-order valence-corrected chi connectivity index (χ3v) is 2.41. The van der Waals surface area contributed by atoms with Crippen molar-refractivity contribution in [3.8, 4) is 0 Å². The molecule has 0 aliphatic heterocycles. The van der Waals surface area contributed by atoms with E-state index in [2.05, 4.69) is 28.8 Å². The molecule has 0 bridgehead atoms. The molecular weight excluding hydrogens is 198 g/mol. The summed E-state index contributed by atoms with van der Waals surface area (Å²) in [6, 6.07) is 2.42. The van der Waals surface area contributed by atoms with Crippen LogP contribution in [0.2, 0.25) is 0 Å². The van der Waals surface area contributed by atoms with Crippen molar-refractivity contribution in [3.05, 3.63) is 30.2 Å². The van der Waals surface area contributed by atoms with Gasteiger partial charge in [0.2, 0.25) is 0 Å². The van der Waals surface area contributed by atoms with E-state index < -0.39 is 0 Å². The van der Waals surface area contributed by atoms with Gasteiger partial charge in [-0.3, -0.25) is 0 Å². The minimum absolute atomic E-state index is 0.439. The minimum atomic E-state index is 0.439. The van der Waals surface area contributed by atoms with Gasteiger partial charge in [-0.2, -0.15) is 0 Å². The molecule has 0 spiro atoms. The van der Waals surface area contributed by atoms with E-state index in [1.54, 1.807) is 0 Å². The van der Waals surface area contributed by atoms with Crippen molar-refractivity contribution in [3.63, 3.8) is 0 Å². The first-order chi connectivity index (χ1) is 7.61. The van der Waals surface area contributed by atoms with Crippen molar-refractivity contribution in [2.45, 2.75) is 46.1 Å². The summed E-state index contributed by atoms with van der Waals surface area (Å²) in [5, 5.41) is 3.40. The van der Waals surface area contributed by atoms with Crippen LogP contribution in [0.4, 0.5) is 5.82 Å². The predicted octanol–water partition coefficient (Wildman–Crippen LogP) is 3.25. The Morgan fingerprint density at radius 3 is 2.81 bits per heavy atom. The molecular formula is C13H21N3. The standard InChI is InChI=1S/C13H21N3/c1-5-6-7-8-10(2)15-13-9-11(3)14-12(4)16-13/h5,9-10H,1,6-8H2,2-4H3,(H,14,15,16). The summed E-state index contributed by atoms with van der Waals surface area (Å²) < 4.78 is 0. The summed E-state index contributed by atoms with van der Waals surface area (Å²) in [6.45, 7) is 9.81. The number of allylic oxidation sites excluding steroid dienone is 1. The maximum absolute atomic E-state index is 4.36. The van der Waals surface area contributed by atoms with Gasteiger partial charge in [0.15, 0.2) is 0 Å². The van der Waals surface area contributed by atoms with E-state index in [0.29, 0.717) is 6.04 Å². The van der Waals surface area contributed by atoms with Crippen LogP contribution in [0.5, 0.6) is 0 Å². The van der Waals surface area contributed by atoms with E-state index in [-0.39, 0.29) is 0 Å². The van der Waals surface area contributed by atoms with Crippen molar-refractivity contribution >= 4 is 5.82 Å². The summed E-state index contributed by atoms with van der Waals surface area (Å²) in [5.41, 5.74) is 1.01. The molecule has 1 unspecified atom stereocenters. The van der Waals surface area contributed by atoms with Crippen LogP contribution >= 0.6 is 0 Å². The van der Waals surface area contributed by atoms with Gasteiger partial charge in [-0.25, -0.2) is 9.97 Å². The summed E-state index contributed by atoms with van der Waals surface area (Å²) in [6.07, 6.45) is 5.34. The van der Waals surface area contributed by atoms with E-state index in [4.69, 9.17) is 0 Å². The molecule has 1 N–H and O–H groups in total. The lowest BCUT2D eigenvalue weighted by Gasteiger charge is -2.14. The van der Waals surface area contributed by atoms with Crippen LogP contribution in [0, 0.1) is 13.8 Å². The number of rotatable bonds is 6. The SMILES string of the molecule is C=CCCCC(C)Nc1cc(C)nc(C)n1. The Kier molecular flexibility index (Phi) is 4.96. The molecule has 0 aliphatic carbocycles. The van der Waals surface area contributed by atoms with E-state index in [9.17, 15) is 0 Å². The van der Waals surface area contributed by atoms with Gasteiger partial charge in [-0.15, -0.1) is 6.58 Å². The van der Waals surface area contributed by atoms with Gasteiger partial charge in [0, 0.05) is 17.8 Å². The van der Waals surface area contributed by atoms with E-state index in [1.165, 1.54) is 6.42 Å². The van der Waals surface area contributed by atoms with Crippen LogP contribution in [0.25, 0.3) is 0 Å². The second-order valence-corrected chi connectivity index (χ2v) is 4.21. The maximum Gasteiger partial charge on any atom is 0.130 e. The van der Waals surface area contributed by atoms with Crippen molar-refractivity contribution < 1.29 is 0 Å². The zero-order chi connectivity index (χ0) is 12.0. The van der Waals surface area contributed by atoms with E-state index in [0.717, 1.165) is 30.2 Å². The molecule has 1 atom stereocenters. The number of aryl methyl sites for hydroxylation is 2. The number of anilines is 1. The average molecular weight is 219 g/mol. The van der Waals surface area contributed by atoms with Crippen molar-refractivity contribution in [2.24, 2.45) is 0 Å². The van der Waals surface area contributed by atoms with Gasteiger partial charge in [0.1, 0.15) is 11.6 Å². The van der Waals surface area contributed by atoms with Gasteiger partial charge in [-0.1, -0.05) is 6.08 Å². The molecule has 16 heavy (non-hydrogen) atoms. The quantitative estimate of drug-likeness (QED) is 0.589. The molecule has 3 nitrogen and oxygen atoms in total. The summed E-state index contributed by atoms with van der Waals surface area (Å²) >= 11 is 0. The van der Waals surface area contributed by atoms with Gasteiger partial charge >= 0.3 is 0 Å². The zero-order valence-corrected chi connectivity index (χ0v) is 10.5. The Hall–Kier alpha value is -1.38. The lowest BCUT2D eigenvalue weighted by atomic mass is 10.1. The smallest absolute Gasteiger partial charge is 0.130 e. The monoisotopic (exact) mass is 219 g/mol. The molecule has 0 fully saturated rings. The van der Waals surface area contributed by atoms with Crippen LogP contribution in [0.1, 0.15) is 37.7 Å². The first-order valence-electron chi connectivity index (χ1n) is 5.81. The first-order valence-corrected chi connectivity index (χ1v) is 5.81. The van der Waals surface area contributed by atoms with Gasteiger partial charge in [0.05, 0.1) is 0 Å². The third-order valence-electron chi connectivity index (χ3n) is 2.41. The third kappa shape index (κ3) is 4.43. The van der Waals surface area contributed by atoms with Crippen LogP contribution in [-0.2, 0) is 0 Å². The largest absolute Gasteiger partial charge is 0.368 e. The van der Waals surface area contributed by atoms with Crippen molar-refractivity contribution in [1.82, 2.24) is 9.97 Å². The molecule has 1 rings (SSSR count). The summed E-state index contributed by atoms with van der Waals surface area (Å²) in [7, 11) is 0. The number of nitrogens with one attached hydrogen (secondary N) is 1. The molecule has 0 amide bonds. The predicted molar refractivity (Wildman–Crippen MR) is 68.6 cm³/mol. The fraction of sp³-hybridized carbons (Fsp3) is 0.538. The minimum Gasteiger partial charge on any atom is -0.368 e. The highest BCUT2D eigenvalue weighted by Gasteiger charge is 2.03. The van der Waals surface area contributed by atoms with Crippen LogP contribution < -0.4 is 5.32 Å². The number of nitrogens with zero attached hydrogens (tertiary/aromatic N) is 2. The Morgan fingerprint density at radius 2 is 2.19 bits per heavy atom. The highest BCUT2D eigenvalue weighted by molar-refractivity contribution is 5.36. The van der Waals surface area contributed by atoms with Crippen molar-refractivity contribution in [1.29, 1.82) is 0 Å². The normalized spacial score (nSPS) is 12.2. The first kappa shape index (κ1) is 12.7. The Balaban J connectivity index is 2.48. The number of hydrogen-bond donors (Lipinski definition) is 1. The van der Waals surface area contributed by atoms with Gasteiger partial charge in [-0.05, 0) is 40.0 Å². The Labute approximate surface area is 98.0 Å². The van der Waals surface area contributed by atoms with Crippen LogP contribution in [0.15, 0.2) is 18.7 Å². The number of unbranched alkanes of at least 4 members (excludes halogenated alkanes) is 1. The lowest BCUT2D eigenvalue weighted by molar-refractivity contribution is 0.660. The van der Waals surface area contributed by atoms with E-state index >= 15 is 0 Å². The molecule has 3 heteroatoms. The fourth-order valence-electron chi connectivity index (χ4n) is 1.68. The Morgan fingerprint density at radius 1 is 1.44 bits per heavy atom. The second kappa shape index (κ2) is 6.26. The maximum atomic E-state index is 4.36. The second-order valence-electron chi connectivity index (χ2n) is 4.21. The topological polar surface area (TPSA) is 37.8 Å². The molecule has 88 valence electrons. The molecule has 0 aromatic carbocycles. The van der Waals surface area contributed by atoms with Crippen LogP contribution in [0.3, 0.4) is 0 Å². The molecule has 0 saturated heterocycles. The molecule has 0 saturated carbocycles. The Bertz CT molecular complexity index is 327. The van der Waals surface area contributed by atoms with Crippen molar-refractivity contribution in [2.75, 3.05) is 5.32 Å². The highest BCUT2D eigenvalue weighted by atomic mass is 15.0.